The average molecular weight is 261 g/mol. The van der Waals surface area contributed by atoms with Crippen molar-refractivity contribution in [3.05, 3.63) is 28.2 Å². The van der Waals surface area contributed by atoms with E-state index in [1.807, 2.05) is 0 Å². The minimum atomic E-state index is -3.00. The van der Waals surface area contributed by atoms with E-state index in [0.29, 0.717) is 11.3 Å². The van der Waals surface area contributed by atoms with Gasteiger partial charge in [-0.2, -0.15) is 13.8 Å². The van der Waals surface area contributed by atoms with Crippen LogP contribution in [-0.2, 0) is 0 Å². The van der Waals surface area contributed by atoms with E-state index >= 15 is 0 Å². The zero-order valence-corrected chi connectivity index (χ0v) is 10.1. The number of likely N-dealkylation sites (N-methyl/N-ethyl adjacent to an activating group) is 1. The molecule has 1 rings (SSSR count). The Kier molecular flexibility index (Phi) is 4.35. The minimum Gasteiger partial charge on any atom is -0.470 e. The first-order chi connectivity index (χ1) is 8.34. The molecule has 1 atom stereocenters. The topological polar surface area (TPSA) is 71.9 Å². The number of amidine groups is 1. The Morgan fingerprint density at radius 1 is 1.56 bits per heavy atom. The second kappa shape index (κ2) is 5.56. The van der Waals surface area contributed by atoms with Crippen molar-refractivity contribution in [3.63, 3.8) is 0 Å². The quantitative estimate of drug-likeness (QED) is 0.274. The summed E-state index contributed by atoms with van der Waals surface area (Å²) < 4.78 is 29.6. The predicted molar refractivity (Wildman–Crippen MR) is 61.7 cm³/mol. The summed E-state index contributed by atoms with van der Waals surface area (Å²) in [6.07, 6.45) is 2.74. The monoisotopic (exact) mass is 261 g/mol. The number of anilines is 1. The van der Waals surface area contributed by atoms with Crippen LogP contribution in [0.1, 0.15) is 12.5 Å². The standard InChI is InChI=1S/C10H13F2N3O3/c1-6-4-18-5-8(6)14(3)9(13-10(11)12)7(2)15(16)17/h4-5,7,10H,1-3H3. The highest BCUT2D eigenvalue weighted by atomic mass is 19.3. The molecule has 0 N–H and O–H groups in total. The summed E-state index contributed by atoms with van der Waals surface area (Å²) in [7, 11) is 1.43. The van der Waals surface area contributed by atoms with Gasteiger partial charge in [-0.15, -0.1) is 0 Å². The summed E-state index contributed by atoms with van der Waals surface area (Å²) >= 11 is 0. The lowest BCUT2D eigenvalue weighted by atomic mass is 10.2. The molecule has 0 bridgehead atoms. The van der Waals surface area contributed by atoms with Gasteiger partial charge in [-0.25, -0.2) is 0 Å². The molecule has 8 heteroatoms. The summed E-state index contributed by atoms with van der Waals surface area (Å²) in [6.45, 7) is -0.101. The molecule has 0 aliphatic rings. The first-order valence-electron chi connectivity index (χ1n) is 5.10. The van der Waals surface area contributed by atoms with Gasteiger partial charge in [-0.1, -0.05) is 0 Å². The molecule has 0 aromatic carbocycles. The second-order valence-corrected chi connectivity index (χ2v) is 3.73. The van der Waals surface area contributed by atoms with Crippen molar-refractivity contribution in [1.29, 1.82) is 0 Å². The molecule has 100 valence electrons. The van der Waals surface area contributed by atoms with E-state index in [2.05, 4.69) is 4.99 Å². The van der Waals surface area contributed by atoms with Crippen LogP contribution >= 0.6 is 0 Å². The van der Waals surface area contributed by atoms with E-state index < -0.39 is 17.5 Å². The number of halogens is 2. The van der Waals surface area contributed by atoms with Crippen LogP contribution in [0.25, 0.3) is 0 Å². The van der Waals surface area contributed by atoms with Crippen molar-refractivity contribution < 1.29 is 18.1 Å². The fraction of sp³-hybridized carbons (Fsp3) is 0.500. The van der Waals surface area contributed by atoms with Crippen LogP contribution in [0.3, 0.4) is 0 Å². The number of hydrogen-bond acceptors (Lipinski definition) is 4. The lowest BCUT2D eigenvalue weighted by molar-refractivity contribution is -0.498. The number of alkyl halides is 2. The van der Waals surface area contributed by atoms with Crippen molar-refractivity contribution >= 4 is 11.5 Å². The van der Waals surface area contributed by atoms with Crippen LogP contribution in [0.5, 0.6) is 0 Å². The third-order valence-corrected chi connectivity index (χ3v) is 2.45. The molecule has 0 fully saturated rings. The molecular formula is C10H13F2N3O3. The molecule has 0 saturated carbocycles. The molecule has 6 nitrogen and oxygen atoms in total. The molecule has 1 unspecified atom stereocenters. The van der Waals surface area contributed by atoms with E-state index in [0.717, 1.165) is 0 Å². The third-order valence-electron chi connectivity index (χ3n) is 2.45. The number of aliphatic imine (C=N–C) groups is 1. The van der Waals surface area contributed by atoms with Gasteiger partial charge in [0.25, 0.3) is 6.04 Å². The number of nitrogens with zero attached hydrogens (tertiary/aromatic N) is 3. The van der Waals surface area contributed by atoms with Crippen molar-refractivity contribution in [2.75, 3.05) is 11.9 Å². The summed E-state index contributed by atoms with van der Waals surface area (Å²) in [4.78, 5) is 14.3. The van der Waals surface area contributed by atoms with Crippen molar-refractivity contribution in [1.82, 2.24) is 0 Å². The molecule has 0 spiro atoms. The predicted octanol–water partition coefficient (Wildman–Crippen LogP) is 2.31. The van der Waals surface area contributed by atoms with Gasteiger partial charge in [0.2, 0.25) is 0 Å². The number of rotatable bonds is 4. The normalized spacial score (nSPS) is 13.8. The summed E-state index contributed by atoms with van der Waals surface area (Å²) in [5, 5.41) is 10.7. The summed E-state index contributed by atoms with van der Waals surface area (Å²) in [5.74, 6) is -0.320. The zero-order chi connectivity index (χ0) is 13.9. The highest BCUT2D eigenvalue weighted by Gasteiger charge is 2.28. The Bertz CT molecular complexity index is 459. The van der Waals surface area contributed by atoms with Crippen LogP contribution in [0.4, 0.5) is 14.5 Å². The molecule has 1 aromatic rings. The second-order valence-electron chi connectivity index (χ2n) is 3.73. The highest BCUT2D eigenvalue weighted by Crippen LogP contribution is 2.21. The molecule has 0 amide bonds. The Morgan fingerprint density at radius 3 is 2.56 bits per heavy atom. The van der Waals surface area contributed by atoms with Crippen LogP contribution in [0.15, 0.2) is 21.9 Å². The first kappa shape index (κ1) is 14.1. The molecule has 0 radical (unpaired) electrons. The Labute approximate surface area is 102 Å². The summed E-state index contributed by atoms with van der Waals surface area (Å²) in [6, 6.07) is -1.33. The largest absolute Gasteiger partial charge is 0.470 e. The van der Waals surface area contributed by atoms with E-state index in [9.17, 15) is 18.9 Å². The van der Waals surface area contributed by atoms with E-state index in [1.54, 1.807) is 6.92 Å². The highest BCUT2D eigenvalue weighted by molar-refractivity contribution is 6.00. The van der Waals surface area contributed by atoms with Gasteiger partial charge in [0, 0.05) is 24.5 Å². The molecule has 1 aromatic heterocycles. The van der Waals surface area contributed by atoms with Crippen LogP contribution in [0, 0.1) is 17.0 Å². The fourth-order valence-corrected chi connectivity index (χ4v) is 1.49. The molecule has 18 heavy (non-hydrogen) atoms. The fourth-order valence-electron chi connectivity index (χ4n) is 1.49. The number of aryl methyl sites for hydroxylation is 1. The van der Waals surface area contributed by atoms with E-state index in [4.69, 9.17) is 4.42 Å². The maximum Gasteiger partial charge on any atom is 0.333 e. The van der Waals surface area contributed by atoms with Gasteiger partial charge in [0.1, 0.15) is 6.26 Å². The van der Waals surface area contributed by atoms with Gasteiger partial charge in [0.15, 0.2) is 5.84 Å². The van der Waals surface area contributed by atoms with Gasteiger partial charge in [-0.05, 0) is 6.92 Å². The van der Waals surface area contributed by atoms with Crippen LogP contribution in [-0.4, -0.2) is 30.4 Å². The molecule has 0 aliphatic carbocycles. The molecule has 0 aliphatic heterocycles. The van der Waals surface area contributed by atoms with Gasteiger partial charge in [-0.3, -0.25) is 10.1 Å². The summed E-state index contributed by atoms with van der Waals surface area (Å²) in [5.41, 5.74) is 1.14. The Hall–Kier alpha value is -1.99. The first-order valence-corrected chi connectivity index (χ1v) is 5.10. The number of furan rings is 1. The van der Waals surface area contributed by atoms with E-state index in [-0.39, 0.29) is 5.84 Å². The SMILES string of the molecule is Cc1cocc1N(C)C(=NC(F)F)C(C)[N+](=O)[O-]. The van der Waals surface area contributed by atoms with Gasteiger partial charge in [0.05, 0.1) is 12.0 Å². The van der Waals surface area contributed by atoms with Crippen molar-refractivity contribution in [2.24, 2.45) is 4.99 Å². The van der Waals surface area contributed by atoms with Gasteiger partial charge >= 0.3 is 6.55 Å². The smallest absolute Gasteiger partial charge is 0.333 e. The number of hydrogen-bond donors (Lipinski definition) is 0. The maximum atomic E-state index is 12.4. The van der Waals surface area contributed by atoms with Crippen molar-refractivity contribution in [3.8, 4) is 0 Å². The molecular weight excluding hydrogens is 248 g/mol. The maximum absolute atomic E-state index is 12.4. The Morgan fingerprint density at radius 2 is 2.17 bits per heavy atom. The van der Waals surface area contributed by atoms with Crippen molar-refractivity contribution in [2.45, 2.75) is 26.4 Å². The lowest BCUT2D eigenvalue weighted by Crippen LogP contribution is -2.40. The zero-order valence-electron chi connectivity index (χ0n) is 10.1. The molecule has 0 saturated heterocycles. The lowest BCUT2D eigenvalue weighted by Gasteiger charge is -2.21. The minimum absolute atomic E-state index is 0.320. The van der Waals surface area contributed by atoms with E-state index in [1.165, 1.54) is 31.4 Å². The van der Waals surface area contributed by atoms with Crippen LogP contribution in [0.2, 0.25) is 0 Å². The average Bonchev–Trinajstić information content (AvgIpc) is 2.70. The van der Waals surface area contributed by atoms with Crippen LogP contribution < -0.4 is 4.90 Å². The third kappa shape index (κ3) is 3.02. The number of nitro groups is 1. The molecule has 1 heterocycles. The van der Waals surface area contributed by atoms with Gasteiger partial charge < -0.3 is 9.32 Å². The Balaban J connectivity index is 3.12.